The van der Waals surface area contributed by atoms with Crippen LogP contribution in [0.15, 0.2) is 17.0 Å². The van der Waals surface area contributed by atoms with Gasteiger partial charge in [0.15, 0.2) is 0 Å². The van der Waals surface area contributed by atoms with Crippen molar-refractivity contribution in [1.82, 2.24) is 0 Å². The van der Waals surface area contributed by atoms with Crippen LogP contribution in [0.1, 0.15) is 37.8 Å². The molecule has 0 aliphatic heterocycles. The van der Waals surface area contributed by atoms with Gasteiger partial charge >= 0.3 is 0 Å². The number of benzene rings is 1. The van der Waals surface area contributed by atoms with E-state index in [-0.39, 0.29) is 4.90 Å². The van der Waals surface area contributed by atoms with Gasteiger partial charge in [0.25, 0.3) is 9.05 Å². The summed E-state index contributed by atoms with van der Waals surface area (Å²) in [6.45, 7) is 8.52. The van der Waals surface area contributed by atoms with E-state index in [9.17, 15) is 8.42 Å². The van der Waals surface area contributed by atoms with Gasteiger partial charge in [-0.05, 0) is 49.4 Å². The fourth-order valence-electron chi connectivity index (χ4n) is 2.00. The van der Waals surface area contributed by atoms with Crippen molar-refractivity contribution in [2.24, 2.45) is 5.92 Å². The molecule has 0 amide bonds. The largest absolute Gasteiger partial charge is 0.493 e. The summed E-state index contributed by atoms with van der Waals surface area (Å²) in [6, 6.07) is 3.18. The molecule has 3 nitrogen and oxygen atoms in total. The number of hydrogen-bond donors (Lipinski definition) is 0. The first-order valence-electron chi connectivity index (χ1n) is 6.45. The van der Waals surface area contributed by atoms with Crippen LogP contribution in [0.25, 0.3) is 0 Å². The summed E-state index contributed by atoms with van der Waals surface area (Å²) in [7, 11) is 1.69. The molecule has 1 atom stereocenters. The standard InChI is InChI=1S/C14H21ClO3S/c1-5-6-10(2)9-18-13-7-8-14(19(15,16)17)12(4)11(13)3/h7-8,10H,5-6,9H2,1-4H3. The quantitative estimate of drug-likeness (QED) is 0.745. The Balaban J connectivity index is 2.92. The van der Waals surface area contributed by atoms with E-state index in [2.05, 4.69) is 13.8 Å². The first-order valence-corrected chi connectivity index (χ1v) is 8.76. The van der Waals surface area contributed by atoms with E-state index in [4.69, 9.17) is 15.4 Å². The summed E-state index contributed by atoms with van der Waals surface area (Å²) >= 11 is 0. The maximum absolute atomic E-state index is 11.4. The molecule has 5 heteroatoms. The van der Waals surface area contributed by atoms with Gasteiger partial charge in [-0.1, -0.05) is 20.3 Å². The van der Waals surface area contributed by atoms with Crippen LogP contribution >= 0.6 is 10.7 Å². The zero-order valence-corrected chi connectivity index (χ0v) is 13.4. The van der Waals surface area contributed by atoms with E-state index >= 15 is 0 Å². The molecule has 0 aliphatic rings. The fourth-order valence-corrected chi connectivity index (χ4v) is 3.25. The van der Waals surface area contributed by atoms with Crippen LogP contribution < -0.4 is 4.74 Å². The van der Waals surface area contributed by atoms with Gasteiger partial charge in [0.1, 0.15) is 5.75 Å². The van der Waals surface area contributed by atoms with Gasteiger partial charge in [-0.2, -0.15) is 0 Å². The van der Waals surface area contributed by atoms with Gasteiger partial charge in [0.2, 0.25) is 0 Å². The molecule has 19 heavy (non-hydrogen) atoms. The van der Waals surface area contributed by atoms with Crippen molar-refractivity contribution in [2.75, 3.05) is 6.61 Å². The van der Waals surface area contributed by atoms with Crippen molar-refractivity contribution in [3.05, 3.63) is 23.3 Å². The lowest BCUT2D eigenvalue weighted by Gasteiger charge is -2.16. The predicted octanol–water partition coefficient (Wildman–Crippen LogP) is 4.05. The smallest absolute Gasteiger partial charge is 0.261 e. The molecule has 0 bridgehead atoms. The van der Waals surface area contributed by atoms with Crippen molar-refractivity contribution >= 4 is 19.7 Å². The molecule has 0 fully saturated rings. The third kappa shape index (κ3) is 4.39. The van der Waals surface area contributed by atoms with E-state index in [1.54, 1.807) is 13.0 Å². The molecular formula is C14H21ClO3S. The lowest BCUT2D eigenvalue weighted by Crippen LogP contribution is -2.09. The summed E-state index contributed by atoms with van der Waals surface area (Å²) in [6.07, 6.45) is 2.25. The Morgan fingerprint density at radius 2 is 1.89 bits per heavy atom. The molecule has 0 spiro atoms. The topological polar surface area (TPSA) is 43.4 Å². The lowest BCUT2D eigenvalue weighted by molar-refractivity contribution is 0.250. The van der Waals surface area contributed by atoms with Gasteiger partial charge in [-0.15, -0.1) is 0 Å². The Labute approximate surface area is 120 Å². The maximum atomic E-state index is 11.4. The lowest BCUT2D eigenvalue weighted by atomic mass is 10.1. The Morgan fingerprint density at radius 1 is 1.26 bits per heavy atom. The molecule has 1 unspecified atom stereocenters. The summed E-state index contributed by atoms with van der Waals surface area (Å²) in [5, 5.41) is 0. The van der Waals surface area contributed by atoms with Crippen LogP contribution in [-0.4, -0.2) is 15.0 Å². The van der Waals surface area contributed by atoms with E-state index in [0.29, 0.717) is 18.1 Å². The second kappa shape index (κ2) is 6.62. The molecule has 0 saturated heterocycles. The maximum Gasteiger partial charge on any atom is 0.261 e. The van der Waals surface area contributed by atoms with Gasteiger partial charge in [0.05, 0.1) is 11.5 Å². The molecule has 1 rings (SSSR count). The zero-order chi connectivity index (χ0) is 14.6. The third-order valence-electron chi connectivity index (χ3n) is 3.26. The van der Waals surface area contributed by atoms with Crippen LogP contribution in [0.3, 0.4) is 0 Å². The van der Waals surface area contributed by atoms with Gasteiger partial charge in [-0.3, -0.25) is 0 Å². The molecule has 0 radical (unpaired) electrons. The van der Waals surface area contributed by atoms with Crippen LogP contribution in [0.4, 0.5) is 0 Å². The highest BCUT2D eigenvalue weighted by Gasteiger charge is 2.17. The van der Waals surface area contributed by atoms with Crippen molar-refractivity contribution < 1.29 is 13.2 Å². The molecule has 1 aromatic rings. The van der Waals surface area contributed by atoms with Crippen molar-refractivity contribution in [2.45, 2.75) is 45.4 Å². The molecule has 0 N–H and O–H groups in total. The Bertz CT molecular complexity index is 538. The number of ether oxygens (including phenoxy) is 1. The third-order valence-corrected chi connectivity index (χ3v) is 4.72. The summed E-state index contributed by atoms with van der Waals surface area (Å²) in [5.41, 5.74) is 1.47. The summed E-state index contributed by atoms with van der Waals surface area (Å²) < 4.78 is 28.5. The normalized spacial score (nSPS) is 13.3. The van der Waals surface area contributed by atoms with Gasteiger partial charge < -0.3 is 4.74 Å². The summed E-state index contributed by atoms with van der Waals surface area (Å²) in [4.78, 5) is 0.153. The zero-order valence-electron chi connectivity index (χ0n) is 11.9. The van der Waals surface area contributed by atoms with Crippen LogP contribution in [-0.2, 0) is 9.05 Å². The first kappa shape index (κ1) is 16.3. The Kier molecular flexibility index (Phi) is 5.68. The number of halogens is 1. The highest BCUT2D eigenvalue weighted by atomic mass is 35.7. The first-order chi connectivity index (χ1) is 8.77. The van der Waals surface area contributed by atoms with Crippen LogP contribution in [0.5, 0.6) is 5.75 Å². The number of rotatable bonds is 6. The molecule has 0 saturated carbocycles. The Morgan fingerprint density at radius 3 is 2.42 bits per heavy atom. The summed E-state index contributed by atoms with van der Waals surface area (Å²) in [5.74, 6) is 1.21. The van der Waals surface area contributed by atoms with Crippen LogP contribution in [0, 0.1) is 19.8 Å². The molecule has 0 aliphatic carbocycles. The highest BCUT2D eigenvalue weighted by Crippen LogP contribution is 2.29. The van der Waals surface area contributed by atoms with Crippen molar-refractivity contribution in [1.29, 1.82) is 0 Å². The molecule has 108 valence electrons. The van der Waals surface area contributed by atoms with Gasteiger partial charge in [0, 0.05) is 10.7 Å². The SMILES string of the molecule is CCCC(C)COc1ccc(S(=O)(=O)Cl)c(C)c1C. The minimum Gasteiger partial charge on any atom is -0.493 e. The second-order valence-electron chi connectivity index (χ2n) is 4.95. The molecule has 0 aromatic heterocycles. The average molecular weight is 305 g/mol. The minimum absolute atomic E-state index is 0.153. The van der Waals surface area contributed by atoms with Crippen molar-refractivity contribution in [3.63, 3.8) is 0 Å². The predicted molar refractivity (Wildman–Crippen MR) is 78.5 cm³/mol. The monoisotopic (exact) mass is 304 g/mol. The molecule has 1 aromatic carbocycles. The second-order valence-corrected chi connectivity index (χ2v) is 7.49. The fraction of sp³-hybridized carbons (Fsp3) is 0.571. The minimum atomic E-state index is -3.70. The van der Waals surface area contributed by atoms with E-state index < -0.39 is 9.05 Å². The van der Waals surface area contributed by atoms with E-state index in [1.807, 2.05) is 6.92 Å². The average Bonchev–Trinajstić information content (AvgIpc) is 2.29. The Hall–Kier alpha value is -0.740. The molecular weight excluding hydrogens is 284 g/mol. The molecule has 0 heterocycles. The highest BCUT2D eigenvalue weighted by molar-refractivity contribution is 8.13. The van der Waals surface area contributed by atoms with Gasteiger partial charge in [-0.25, -0.2) is 8.42 Å². The number of hydrogen-bond acceptors (Lipinski definition) is 3. The van der Waals surface area contributed by atoms with E-state index in [1.165, 1.54) is 6.07 Å². The van der Waals surface area contributed by atoms with Crippen molar-refractivity contribution in [3.8, 4) is 5.75 Å². The van der Waals surface area contributed by atoms with E-state index in [0.717, 1.165) is 24.2 Å². The van der Waals surface area contributed by atoms with Crippen LogP contribution in [0.2, 0.25) is 0 Å².